The third-order valence-electron chi connectivity index (χ3n) is 5.57. The number of fused-ring (bicyclic) bond motifs is 1. The van der Waals surface area contributed by atoms with Crippen LogP contribution in [0.3, 0.4) is 0 Å². The largest absolute Gasteiger partial charge is 0.358 e. The van der Waals surface area contributed by atoms with E-state index in [1.165, 1.54) is 27.7 Å². The average molecular weight is 423 g/mol. The quantitative estimate of drug-likeness (QED) is 0.281. The predicted molar refractivity (Wildman–Crippen MR) is 137 cm³/mol. The number of aromatic nitrogens is 1. The minimum atomic E-state index is -0.179. The third kappa shape index (κ3) is 5.06. The van der Waals surface area contributed by atoms with Crippen LogP contribution in [-0.2, 0) is 17.6 Å². The molecular formula is C29H30N2O. The van der Waals surface area contributed by atoms with Crippen molar-refractivity contribution in [3.63, 3.8) is 0 Å². The highest BCUT2D eigenvalue weighted by Gasteiger charge is 2.11. The van der Waals surface area contributed by atoms with Crippen LogP contribution in [0.1, 0.15) is 30.7 Å². The molecule has 0 saturated heterocycles. The Balaban J connectivity index is 1.76. The van der Waals surface area contributed by atoms with Crippen LogP contribution in [0.4, 0.5) is 5.69 Å². The van der Waals surface area contributed by atoms with Crippen molar-refractivity contribution in [1.82, 2.24) is 4.98 Å². The lowest BCUT2D eigenvalue weighted by atomic mass is 10.0. The number of hydrogen-bond donors (Lipinski definition) is 2. The molecule has 3 heteroatoms. The first kappa shape index (κ1) is 22.8. The zero-order valence-electron chi connectivity index (χ0n) is 18.9. The van der Waals surface area contributed by atoms with Crippen molar-refractivity contribution in [1.29, 1.82) is 0 Å². The minimum absolute atomic E-state index is 0.179. The van der Waals surface area contributed by atoms with Crippen molar-refractivity contribution in [2.75, 3.05) is 5.32 Å². The standard InChI is InChI=1S/C29H30N2O/c1-6-20(5)22(7-2)19-23(8-3)29(32)30-24-16-14-21(15-17-24)18-26-25-12-10-11-13-28(25)31-27(26)9-4/h6-8,10-17,19,31H,1-2,5,9,18H2,3-4H3,(H,30,32)/b22-19-,23-8+. The van der Waals surface area contributed by atoms with Gasteiger partial charge in [0.2, 0.25) is 0 Å². The number of aromatic amines is 1. The van der Waals surface area contributed by atoms with Crippen LogP contribution in [0.2, 0.25) is 0 Å². The molecule has 0 unspecified atom stereocenters. The number of allylic oxidation sites excluding steroid dienone is 5. The summed E-state index contributed by atoms with van der Waals surface area (Å²) in [6, 6.07) is 16.4. The van der Waals surface area contributed by atoms with E-state index in [9.17, 15) is 4.79 Å². The summed E-state index contributed by atoms with van der Waals surface area (Å²) in [5.74, 6) is -0.179. The van der Waals surface area contributed by atoms with Gasteiger partial charge >= 0.3 is 0 Å². The summed E-state index contributed by atoms with van der Waals surface area (Å²) in [5, 5.41) is 4.24. The summed E-state index contributed by atoms with van der Waals surface area (Å²) < 4.78 is 0. The summed E-state index contributed by atoms with van der Waals surface area (Å²) in [6.45, 7) is 15.4. The number of carbonyl (C=O) groups is 1. The molecule has 3 rings (SSSR count). The number of rotatable bonds is 9. The Morgan fingerprint density at radius 2 is 1.75 bits per heavy atom. The number of aryl methyl sites for hydroxylation is 1. The van der Waals surface area contributed by atoms with E-state index in [1.54, 1.807) is 24.3 Å². The van der Waals surface area contributed by atoms with Gasteiger partial charge in [0.25, 0.3) is 5.91 Å². The topological polar surface area (TPSA) is 44.9 Å². The number of H-pyrrole nitrogens is 1. The SMILES string of the molecule is C=CC(=C)/C(C=C)=C\C(=C/C)C(=O)Nc1ccc(Cc2c(CC)[nH]c3ccccc23)cc1. The van der Waals surface area contributed by atoms with Crippen LogP contribution in [-0.4, -0.2) is 10.9 Å². The molecule has 3 aromatic rings. The second kappa shape index (κ2) is 10.5. The highest BCUT2D eigenvalue weighted by Crippen LogP contribution is 2.26. The maximum absolute atomic E-state index is 12.8. The first-order valence-electron chi connectivity index (χ1n) is 10.8. The zero-order valence-corrected chi connectivity index (χ0v) is 18.9. The summed E-state index contributed by atoms with van der Waals surface area (Å²) in [4.78, 5) is 16.3. The molecule has 0 saturated carbocycles. The lowest BCUT2D eigenvalue weighted by Crippen LogP contribution is -2.13. The van der Waals surface area contributed by atoms with Gasteiger partial charge in [0.05, 0.1) is 0 Å². The van der Waals surface area contributed by atoms with Crippen molar-refractivity contribution >= 4 is 22.5 Å². The van der Waals surface area contributed by atoms with Gasteiger partial charge in [0.15, 0.2) is 0 Å². The van der Waals surface area contributed by atoms with Crippen molar-refractivity contribution in [3.8, 4) is 0 Å². The van der Waals surface area contributed by atoms with Gasteiger partial charge in [-0.1, -0.05) is 75.2 Å². The zero-order chi connectivity index (χ0) is 23.1. The molecule has 2 N–H and O–H groups in total. The number of hydrogen-bond acceptors (Lipinski definition) is 1. The minimum Gasteiger partial charge on any atom is -0.358 e. The number of benzene rings is 2. The second-order valence-electron chi connectivity index (χ2n) is 7.59. The smallest absolute Gasteiger partial charge is 0.255 e. The van der Waals surface area contributed by atoms with Crippen LogP contribution in [0.5, 0.6) is 0 Å². The normalized spacial score (nSPS) is 11.9. The van der Waals surface area contributed by atoms with Crippen molar-refractivity contribution in [2.45, 2.75) is 26.7 Å². The summed E-state index contributed by atoms with van der Waals surface area (Å²) in [7, 11) is 0. The molecule has 0 aliphatic rings. The van der Waals surface area contributed by atoms with Crippen LogP contribution in [0, 0.1) is 0 Å². The fourth-order valence-corrected chi connectivity index (χ4v) is 3.72. The molecule has 0 aliphatic heterocycles. The third-order valence-corrected chi connectivity index (χ3v) is 5.57. The lowest BCUT2D eigenvalue weighted by Gasteiger charge is -2.09. The molecule has 1 aromatic heterocycles. The van der Waals surface area contributed by atoms with Crippen molar-refractivity contribution in [3.05, 3.63) is 126 Å². The Kier molecular flexibility index (Phi) is 7.45. The molecule has 1 heterocycles. The molecule has 0 atom stereocenters. The molecule has 0 radical (unpaired) electrons. The van der Waals surface area contributed by atoms with Gasteiger partial charge in [0.1, 0.15) is 0 Å². The summed E-state index contributed by atoms with van der Waals surface area (Å²) in [6.07, 6.45) is 8.66. The Labute approximate surface area is 190 Å². The fourth-order valence-electron chi connectivity index (χ4n) is 3.72. The van der Waals surface area contributed by atoms with E-state index in [1.807, 2.05) is 19.1 Å². The second-order valence-corrected chi connectivity index (χ2v) is 7.59. The maximum Gasteiger partial charge on any atom is 0.255 e. The number of amides is 1. The number of para-hydroxylation sites is 1. The summed E-state index contributed by atoms with van der Waals surface area (Å²) in [5.41, 5.74) is 7.76. The van der Waals surface area contributed by atoms with Gasteiger partial charge in [-0.2, -0.15) is 0 Å². The van der Waals surface area contributed by atoms with Crippen molar-refractivity contribution in [2.24, 2.45) is 0 Å². The van der Waals surface area contributed by atoms with E-state index in [-0.39, 0.29) is 5.91 Å². The lowest BCUT2D eigenvalue weighted by molar-refractivity contribution is -0.112. The molecule has 3 nitrogen and oxygen atoms in total. The Bertz CT molecular complexity index is 1220. The molecule has 162 valence electrons. The molecule has 0 spiro atoms. The van der Waals surface area contributed by atoms with E-state index in [2.05, 4.69) is 73.4 Å². The van der Waals surface area contributed by atoms with Gasteiger partial charge in [-0.25, -0.2) is 0 Å². The monoisotopic (exact) mass is 422 g/mol. The first-order chi connectivity index (χ1) is 15.5. The number of anilines is 1. The van der Waals surface area contributed by atoms with Crippen LogP contribution in [0.25, 0.3) is 10.9 Å². The molecule has 0 fully saturated rings. The van der Waals surface area contributed by atoms with Gasteiger partial charge in [-0.3, -0.25) is 4.79 Å². The van der Waals surface area contributed by atoms with E-state index in [4.69, 9.17) is 0 Å². The Morgan fingerprint density at radius 3 is 2.38 bits per heavy atom. The van der Waals surface area contributed by atoms with Gasteiger partial charge in [-0.05, 0) is 66.3 Å². The number of carbonyl (C=O) groups excluding carboxylic acids is 1. The fraction of sp³-hybridized carbons (Fsp3) is 0.138. The van der Waals surface area contributed by atoms with E-state index < -0.39 is 0 Å². The molecule has 32 heavy (non-hydrogen) atoms. The maximum atomic E-state index is 12.8. The van der Waals surface area contributed by atoms with E-state index >= 15 is 0 Å². The van der Waals surface area contributed by atoms with Crippen LogP contribution < -0.4 is 5.32 Å². The molecule has 2 aromatic carbocycles. The Morgan fingerprint density at radius 1 is 1.03 bits per heavy atom. The highest BCUT2D eigenvalue weighted by molar-refractivity contribution is 6.06. The van der Waals surface area contributed by atoms with Crippen LogP contribution >= 0.6 is 0 Å². The van der Waals surface area contributed by atoms with E-state index in [0.717, 1.165) is 29.7 Å². The van der Waals surface area contributed by atoms with Crippen molar-refractivity contribution < 1.29 is 4.79 Å². The van der Waals surface area contributed by atoms with Gasteiger partial charge in [0, 0.05) is 27.9 Å². The molecular weight excluding hydrogens is 392 g/mol. The van der Waals surface area contributed by atoms with Crippen LogP contribution in [0.15, 0.2) is 109 Å². The Hall–Kier alpha value is -3.85. The highest BCUT2D eigenvalue weighted by atomic mass is 16.1. The average Bonchev–Trinajstić information content (AvgIpc) is 3.18. The molecule has 0 bridgehead atoms. The van der Waals surface area contributed by atoms with Gasteiger partial charge in [-0.15, -0.1) is 0 Å². The molecule has 0 aliphatic carbocycles. The van der Waals surface area contributed by atoms with Gasteiger partial charge < -0.3 is 10.3 Å². The van der Waals surface area contributed by atoms with E-state index in [0.29, 0.717) is 5.57 Å². The molecule has 1 amide bonds. The number of nitrogens with one attached hydrogen (secondary N) is 2. The summed E-state index contributed by atoms with van der Waals surface area (Å²) >= 11 is 0. The first-order valence-corrected chi connectivity index (χ1v) is 10.8. The predicted octanol–water partition coefficient (Wildman–Crippen LogP) is 7.06.